The van der Waals surface area contributed by atoms with Gasteiger partial charge in [-0.2, -0.15) is 0 Å². The van der Waals surface area contributed by atoms with E-state index in [-0.39, 0.29) is 5.97 Å². The molecule has 0 aromatic rings. The predicted molar refractivity (Wildman–Crippen MR) is 101 cm³/mol. The van der Waals surface area contributed by atoms with E-state index < -0.39 is 0 Å². The lowest BCUT2D eigenvalue weighted by Crippen LogP contribution is -2.15. The minimum absolute atomic E-state index is 0.279. The van der Waals surface area contributed by atoms with E-state index in [1.165, 1.54) is 24.5 Å². The van der Waals surface area contributed by atoms with Gasteiger partial charge in [0.05, 0.1) is 6.61 Å². The van der Waals surface area contributed by atoms with Crippen LogP contribution in [0.2, 0.25) is 0 Å². The molecule has 0 saturated carbocycles. The first-order valence-electron chi connectivity index (χ1n) is 8.94. The third-order valence-electron chi connectivity index (χ3n) is 5.11. The highest BCUT2D eigenvalue weighted by Gasteiger charge is 2.34. The van der Waals surface area contributed by atoms with Crippen molar-refractivity contribution in [2.75, 3.05) is 6.61 Å². The number of carbonyl (C=O) groups is 1. The Morgan fingerprint density at radius 2 is 2.12 bits per heavy atom. The van der Waals surface area contributed by atoms with Crippen LogP contribution in [-0.2, 0) is 9.53 Å². The van der Waals surface area contributed by atoms with Crippen molar-refractivity contribution in [2.24, 2.45) is 11.3 Å². The number of hydrogen-bond acceptors (Lipinski definition) is 2. The van der Waals surface area contributed by atoms with Crippen LogP contribution in [0.5, 0.6) is 0 Å². The Balaban J connectivity index is 1.99. The highest BCUT2D eigenvalue weighted by atomic mass is 16.5. The van der Waals surface area contributed by atoms with E-state index in [4.69, 9.17) is 4.74 Å². The molecule has 2 aliphatic carbocycles. The van der Waals surface area contributed by atoms with Crippen molar-refractivity contribution in [1.29, 1.82) is 0 Å². The van der Waals surface area contributed by atoms with Crippen LogP contribution in [0.15, 0.2) is 58.7 Å². The maximum atomic E-state index is 11.4. The summed E-state index contributed by atoms with van der Waals surface area (Å²) in [5.41, 5.74) is 5.82. The lowest BCUT2D eigenvalue weighted by molar-refractivity contribution is -0.137. The van der Waals surface area contributed by atoms with Crippen LogP contribution < -0.4 is 0 Å². The maximum absolute atomic E-state index is 11.4. The van der Waals surface area contributed by atoms with Gasteiger partial charge in [-0.05, 0) is 56.6 Å². The summed E-state index contributed by atoms with van der Waals surface area (Å²) >= 11 is 0. The maximum Gasteiger partial charge on any atom is 0.330 e. The number of hydrogen-bond donors (Lipinski definition) is 0. The fourth-order valence-electron chi connectivity index (χ4n) is 3.50. The number of carbonyl (C=O) groups excluding carboxylic acids is 1. The number of rotatable bonds is 5. The van der Waals surface area contributed by atoms with E-state index in [1.54, 1.807) is 11.1 Å². The topological polar surface area (TPSA) is 26.3 Å². The molecule has 24 heavy (non-hydrogen) atoms. The van der Waals surface area contributed by atoms with Crippen molar-refractivity contribution in [2.45, 2.75) is 53.9 Å². The third kappa shape index (κ3) is 4.59. The van der Waals surface area contributed by atoms with E-state index in [0.29, 0.717) is 17.9 Å². The summed E-state index contributed by atoms with van der Waals surface area (Å²) in [6.07, 6.45) is 16.0. The molecule has 0 aromatic heterocycles. The van der Waals surface area contributed by atoms with Gasteiger partial charge in [0.2, 0.25) is 0 Å². The van der Waals surface area contributed by atoms with Gasteiger partial charge in [-0.1, -0.05) is 55.4 Å². The second kappa shape index (κ2) is 7.83. The Bertz CT molecular complexity index is 639. The summed E-state index contributed by atoms with van der Waals surface area (Å²) in [5, 5.41) is 0. The molecule has 0 radical (unpaired) electrons. The molecule has 0 saturated heterocycles. The largest absolute Gasteiger partial charge is 0.463 e. The van der Waals surface area contributed by atoms with Crippen LogP contribution >= 0.6 is 0 Å². The number of allylic oxidation sites excluding steroid dienone is 9. The van der Waals surface area contributed by atoms with Crippen molar-refractivity contribution >= 4 is 5.97 Å². The van der Waals surface area contributed by atoms with Crippen LogP contribution in [0.1, 0.15) is 53.9 Å². The van der Waals surface area contributed by atoms with E-state index >= 15 is 0 Å². The zero-order chi connectivity index (χ0) is 17.7. The van der Waals surface area contributed by atoms with Gasteiger partial charge in [-0.25, -0.2) is 4.79 Å². The molecule has 2 heteroatoms. The van der Waals surface area contributed by atoms with Crippen LogP contribution in [0.3, 0.4) is 0 Å². The fourth-order valence-corrected chi connectivity index (χ4v) is 3.50. The lowest BCUT2D eigenvalue weighted by atomic mass is 9.77. The molecule has 0 amide bonds. The van der Waals surface area contributed by atoms with E-state index in [2.05, 4.69) is 39.0 Å². The van der Waals surface area contributed by atoms with Gasteiger partial charge in [-0.3, -0.25) is 0 Å². The average molecular weight is 326 g/mol. The second-order valence-corrected chi connectivity index (χ2v) is 7.47. The zero-order valence-corrected chi connectivity index (χ0v) is 15.7. The van der Waals surface area contributed by atoms with Crippen LogP contribution in [-0.4, -0.2) is 12.6 Å². The molecule has 2 rings (SSSR count). The van der Waals surface area contributed by atoms with Gasteiger partial charge in [-0.15, -0.1) is 0 Å². The van der Waals surface area contributed by atoms with Crippen molar-refractivity contribution in [3.63, 3.8) is 0 Å². The SMILES string of the molecule is CCOC(=O)/C=C(C)/C=C/C=C(\C)C1C=CC2=C(C1)C(C)(C)CC2. The summed E-state index contributed by atoms with van der Waals surface area (Å²) in [6.45, 7) is 11.1. The lowest BCUT2D eigenvalue weighted by Gasteiger charge is -2.28. The van der Waals surface area contributed by atoms with Crippen molar-refractivity contribution in [3.05, 3.63) is 58.7 Å². The fraction of sp³-hybridized carbons (Fsp3) is 0.500. The summed E-state index contributed by atoms with van der Waals surface area (Å²) in [4.78, 5) is 11.4. The molecule has 2 nitrogen and oxygen atoms in total. The van der Waals surface area contributed by atoms with E-state index in [0.717, 1.165) is 12.0 Å². The average Bonchev–Trinajstić information content (AvgIpc) is 2.82. The molecule has 0 spiro atoms. The van der Waals surface area contributed by atoms with Crippen LogP contribution in [0.25, 0.3) is 0 Å². The van der Waals surface area contributed by atoms with Gasteiger partial charge >= 0.3 is 5.97 Å². The quantitative estimate of drug-likeness (QED) is 0.368. The van der Waals surface area contributed by atoms with Crippen molar-refractivity contribution in [1.82, 2.24) is 0 Å². The molecular weight excluding hydrogens is 296 g/mol. The van der Waals surface area contributed by atoms with Crippen LogP contribution in [0.4, 0.5) is 0 Å². The van der Waals surface area contributed by atoms with Crippen LogP contribution in [0, 0.1) is 11.3 Å². The van der Waals surface area contributed by atoms with Gasteiger partial charge in [0.15, 0.2) is 0 Å². The van der Waals surface area contributed by atoms with Gasteiger partial charge in [0.1, 0.15) is 0 Å². The first kappa shape index (κ1) is 18.5. The third-order valence-corrected chi connectivity index (χ3v) is 5.11. The normalized spacial score (nSPS) is 23.8. The Hall–Kier alpha value is -1.83. The minimum atomic E-state index is -0.279. The Labute approximate surface area is 146 Å². The zero-order valence-electron chi connectivity index (χ0n) is 15.7. The summed E-state index contributed by atoms with van der Waals surface area (Å²) in [5.74, 6) is 0.207. The van der Waals surface area contributed by atoms with Gasteiger partial charge in [0, 0.05) is 12.0 Å². The summed E-state index contributed by atoms with van der Waals surface area (Å²) in [7, 11) is 0. The molecule has 0 aliphatic heterocycles. The monoisotopic (exact) mass is 326 g/mol. The Morgan fingerprint density at radius 3 is 2.83 bits per heavy atom. The molecule has 2 aliphatic rings. The molecular formula is C22H30O2. The molecule has 0 fully saturated rings. The van der Waals surface area contributed by atoms with Crippen molar-refractivity contribution < 1.29 is 9.53 Å². The first-order valence-corrected chi connectivity index (χ1v) is 8.94. The molecule has 1 unspecified atom stereocenters. The predicted octanol–water partition coefficient (Wildman–Crippen LogP) is 5.69. The molecule has 0 N–H and O–H groups in total. The standard InChI is InChI=1S/C22H30O2/c1-6-24-21(23)14-16(2)8-7-9-17(3)19-11-10-18-12-13-22(4,5)20(18)15-19/h7-11,14,19H,6,12-13,15H2,1-5H3/b8-7+,16-14+,17-9+. The number of esters is 1. The van der Waals surface area contributed by atoms with Crippen molar-refractivity contribution in [3.8, 4) is 0 Å². The van der Waals surface area contributed by atoms with E-state index in [1.807, 2.05) is 26.0 Å². The Morgan fingerprint density at radius 1 is 1.38 bits per heavy atom. The molecule has 0 bridgehead atoms. The minimum Gasteiger partial charge on any atom is -0.463 e. The van der Waals surface area contributed by atoms with Gasteiger partial charge < -0.3 is 4.74 Å². The summed E-state index contributed by atoms with van der Waals surface area (Å²) in [6, 6.07) is 0. The smallest absolute Gasteiger partial charge is 0.330 e. The second-order valence-electron chi connectivity index (χ2n) is 7.47. The highest BCUT2D eigenvalue weighted by molar-refractivity contribution is 5.83. The highest BCUT2D eigenvalue weighted by Crippen LogP contribution is 2.48. The van der Waals surface area contributed by atoms with Gasteiger partial charge in [0.25, 0.3) is 0 Å². The molecule has 1 atom stereocenters. The summed E-state index contributed by atoms with van der Waals surface area (Å²) < 4.78 is 4.92. The molecule has 0 heterocycles. The first-order chi connectivity index (χ1) is 11.3. The molecule has 130 valence electrons. The number of ether oxygens (including phenoxy) is 1. The van der Waals surface area contributed by atoms with E-state index in [9.17, 15) is 4.79 Å². The Kier molecular flexibility index (Phi) is 6.04. The molecule has 0 aromatic carbocycles.